The number of hydrogen-bond acceptors (Lipinski definition) is 3. The third-order valence-electron chi connectivity index (χ3n) is 3.06. The van der Waals surface area contributed by atoms with Gasteiger partial charge >= 0.3 is 0 Å². The summed E-state index contributed by atoms with van der Waals surface area (Å²) < 4.78 is 5.45. The monoisotopic (exact) mass is 250 g/mol. The minimum absolute atomic E-state index is 0.463. The third kappa shape index (κ3) is 5.61. The fraction of sp³-hybridized carbons (Fsp3) is 0.667. The first kappa shape index (κ1) is 15.1. The minimum atomic E-state index is 0.463. The van der Waals surface area contributed by atoms with Crippen LogP contribution in [0.25, 0.3) is 0 Å². The van der Waals surface area contributed by atoms with Gasteiger partial charge in [-0.1, -0.05) is 13.0 Å². The molecule has 0 aromatic carbocycles. The molecule has 0 radical (unpaired) electrons. The van der Waals surface area contributed by atoms with Crippen molar-refractivity contribution >= 4 is 0 Å². The second-order valence-electron chi connectivity index (χ2n) is 4.61. The van der Waals surface area contributed by atoms with E-state index in [4.69, 9.17) is 4.74 Å². The number of pyridine rings is 1. The molecule has 0 amide bonds. The smallest absolute Gasteiger partial charge is 0.0480 e. The van der Waals surface area contributed by atoms with E-state index in [1.165, 1.54) is 11.3 Å². The van der Waals surface area contributed by atoms with Gasteiger partial charge in [0, 0.05) is 37.6 Å². The van der Waals surface area contributed by atoms with Gasteiger partial charge in [-0.25, -0.2) is 0 Å². The van der Waals surface area contributed by atoms with Gasteiger partial charge in [-0.15, -0.1) is 0 Å². The van der Waals surface area contributed by atoms with E-state index in [1.807, 2.05) is 19.2 Å². The van der Waals surface area contributed by atoms with Crippen molar-refractivity contribution in [2.24, 2.45) is 0 Å². The van der Waals surface area contributed by atoms with Crippen molar-refractivity contribution in [2.45, 2.75) is 46.1 Å². The van der Waals surface area contributed by atoms with Crippen molar-refractivity contribution in [1.82, 2.24) is 10.3 Å². The summed E-state index contributed by atoms with van der Waals surface area (Å²) in [5.41, 5.74) is 2.47. The zero-order valence-electron chi connectivity index (χ0n) is 11.9. The highest BCUT2D eigenvalue weighted by molar-refractivity contribution is 5.18. The van der Waals surface area contributed by atoms with Crippen LogP contribution in [0.1, 0.15) is 37.9 Å². The number of aromatic nitrogens is 1. The summed E-state index contributed by atoms with van der Waals surface area (Å²) in [4.78, 5) is 4.47. The van der Waals surface area contributed by atoms with Crippen molar-refractivity contribution in [3.05, 3.63) is 29.6 Å². The number of hydrogen-bond donors (Lipinski definition) is 1. The van der Waals surface area contributed by atoms with Crippen LogP contribution < -0.4 is 5.32 Å². The van der Waals surface area contributed by atoms with Crippen molar-refractivity contribution in [3.63, 3.8) is 0 Å². The lowest BCUT2D eigenvalue weighted by Crippen LogP contribution is -2.33. The van der Waals surface area contributed by atoms with E-state index in [1.54, 1.807) is 0 Å². The zero-order chi connectivity index (χ0) is 13.2. The summed E-state index contributed by atoms with van der Waals surface area (Å²) in [6, 6.07) is 4.58. The van der Waals surface area contributed by atoms with E-state index in [0.29, 0.717) is 6.04 Å². The van der Waals surface area contributed by atoms with Crippen LogP contribution in [0.15, 0.2) is 18.3 Å². The molecule has 0 saturated heterocycles. The minimum Gasteiger partial charge on any atom is -0.382 e. The molecule has 0 bridgehead atoms. The Bertz CT molecular complexity index is 328. The van der Waals surface area contributed by atoms with Crippen LogP contribution in [-0.4, -0.2) is 30.8 Å². The van der Waals surface area contributed by atoms with Gasteiger partial charge in [0.25, 0.3) is 0 Å². The molecule has 0 aliphatic heterocycles. The van der Waals surface area contributed by atoms with Crippen LogP contribution in [0.4, 0.5) is 0 Å². The average Bonchev–Trinajstić information content (AvgIpc) is 2.38. The predicted molar refractivity (Wildman–Crippen MR) is 75.9 cm³/mol. The molecule has 1 aromatic heterocycles. The molecule has 1 rings (SSSR count). The van der Waals surface area contributed by atoms with Crippen LogP contribution in [0.2, 0.25) is 0 Å². The lowest BCUT2D eigenvalue weighted by Gasteiger charge is -2.19. The van der Waals surface area contributed by atoms with Crippen molar-refractivity contribution in [2.75, 3.05) is 19.8 Å². The Kier molecular flexibility index (Phi) is 7.62. The predicted octanol–water partition coefficient (Wildman–Crippen LogP) is 2.73. The van der Waals surface area contributed by atoms with Crippen LogP contribution in [0.5, 0.6) is 0 Å². The molecule has 3 nitrogen and oxygen atoms in total. The van der Waals surface area contributed by atoms with Crippen LogP contribution in [-0.2, 0) is 11.2 Å². The second kappa shape index (κ2) is 9.06. The molecule has 18 heavy (non-hydrogen) atoms. The summed E-state index contributed by atoms with van der Waals surface area (Å²) in [5, 5.41) is 3.58. The highest BCUT2D eigenvalue weighted by atomic mass is 16.5. The van der Waals surface area contributed by atoms with E-state index in [9.17, 15) is 0 Å². The quantitative estimate of drug-likeness (QED) is 0.684. The fourth-order valence-corrected chi connectivity index (χ4v) is 1.96. The summed E-state index contributed by atoms with van der Waals surface area (Å²) in [6.07, 6.45) is 5.07. The molecule has 1 aromatic rings. The van der Waals surface area contributed by atoms with Gasteiger partial charge in [-0.3, -0.25) is 4.98 Å². The molecule has 1 heterocycles. The molecule has 0 saturated carbocycles. The van der Waals surface area contributed by atoms with E-state index >= 15 is 0 Å². The molecule has 1 N–H and O–H groups in total. The Hall–Kier alpha value is -0.930. The van der Waals surface area contributed by atoms with Gasteiger partial charge in [0.2, 0.25) is 0 Å². The Balaban J connectivity index is 2.51. The highest BCUT2D eigenvalue weighted by Gasteiger charge is 2.11. The van der Waals surface area contributed by atoms with Crippen molar-refractivity contribution in [3.8, 4) is 0 Å². The molecule has 3 heteroatoms. The van der Waals surface area contributed by atoms with E-state index in [-0.39, 0.29) is 0 Å². The van der Waals surface area contributed by atoms with E-state index in [0.717, 1.165) is 39.0 Å². The van der Waals surface area contributed by atoms with Crippen LogP contribution in [0.3, 0.4) is 0 Å². The first-order valence-electron chi connectivity index (χ1n) is 6.99. The zero-order valence-corrected chi connectivity index (χ0v) is 11.9. The van der Waals surface area contributed by atoms with Crippen molar-refractivity contribution in [1.29, 1.82) is 0 Å². The molecule has 0 aliphatic carbocycles. The Morgan fingerprint density at radius 2 is 2.22 bits per heavy atom. The summed E-state index contributed by atoms with van der Waals surface area (Å²) in [7, 11) is 0. The summed E-state index contributed by atoms with van der Waals surface area (Å²) in [6.45, 7) is 9.04. The normalized spacial score (nSPS) is 12.6. The lowest BCUT2D eigenvalue weighted by atomic mass is 10.0. The van der Waals surface area contributed by atoms with Crippen LogP contribution >= 0.6 is 0 Å². The number of nitrogens with one attached hydrogen (secondary N) is 1. The summed E-state index contributed by atoms with van der Waals surface area (Å²) in [5.74, 6) is 0. The van der Waals surface area contributed by atoms with E-state index < -0.39 is 0 Å². The van der Waals surface area contributed by atoms with Crippen molar-refractivity contribution < 1.29 is 4.74 Å². The van der Waals surface area contributed by atoms with Gasteiger partial charge in [-0.2, -0.15) is 0 Å². The molecule has 0 aliphatic rings. The molecule has 1 atom stereocenters. The third-order valence-corrected chi connectivity index (χ3v) is 3.06. The molecule has 102 valence electrons. The average molecular weight is 250 g/mol. The number of nitrogens with zero attached hydrogens (tertiary/aromatic N) is 1. The SMILES string of the molecule is CCCNC(CCOCC)Cc1ncccc1C. The van der Waals surface area contributed by atoms with Gasteiger partial charge in [0.05, 0.1) is 0 Å². The first-order valence-corrected chi connectivity index (χ1v) is 6.99. The fourth-order valence-electron chi connectivity index (χ4n) is 1.96. The maximum Gasteiger partial charge on any atom is 0.0480 e. The summed E-state index contributed by atoms with van der Waals surface area (Å²) >= 11 is 0. The first-order chi connectivity index (χ1) is 8.77. The van der Waals surface area contributed by atoms with Gasteiger partial charge in [0.15, 0.2) is 0 Å². The maximum atomic E-state index is 5.45. The molecule has 0 fully saturated rings. The number of ether oxygens (including phenoxy) is 1. The van der Waals surface area contributed by atoms with Gasteiger partial charge in [-0.05, 0) is 44.9 Å². The van der Waals surface area contributed by atoms with Gasteiger partial charge < -0.3 is 10.1 Å². The topological polar surface area (TPSA) is 34.1 Å². The number of aryl methyl sites for hydroxylation is 1. The Labute approximate surface area is 111 Å². The Morgan fingerprint density at radius 1 is 1.39 bits per heavy atom. The molecule has 1 unspecified atom stereocenters. The van der Waals surface area contributed by atoms with E-state index in [2.05, 4.69) is 30.2 Å². The molecular weight excluding hydrogens is 224 g/mol. The van der Waals surface area contributed by atoms with Crippen LogP contribution in [0, 0.1) is 6.92 Å². The second-order valence-corrected chi connectivity index (χ2v) is 4.61. The standard InChI is InChI=1S/C15H26N2O/c1-4-9-16-14(8-11-18-5-2)12-15-13(3)7-6-10-17-15/h6-7,10,14,16H,4-5,8-9,11-12H2,1-3H3. The largest absolute Gasteiger partial charge is 0.382 e. The van der Waals surface area contributed by atoms with Gasteiger partial charge in [0.1, 0.15) is 0 Å². The number of rotatable bonds is 9. The highest BCUT2D eigenvalue weighted by Crippen LogP contribution is 2.08. The molecule has 0 spiro atoms. The maximum absolute atomic E-state index is 5.45. The Morgan fingerprint density at radius 3 is 2.89 bits per heavy atom. The lowest BCUT2D eigenvalue weighted by molar-refractivity contribution is 0.136. The molecular formula is C15H26N2O.